The van der Waals surface area contributed by atoms with Crippen molar-refractivity contribution in [1.82, 2.24) is 5.32 Å². The SMILES string of the molecule is CCCCC/C=C/CC/C=C/C(O)C(COC1OC(CO)C(O)C(O)C1O)NC(=O)CCCCCCCCCCCCCCCC/C=C\CCCCCCCCCCCCCCOC(=O)CCCCCCCCCCC/C=C\CCCCCCCC. The molecule has 11 nitrogen and oxygen atoms in total. The summed E-state index contributed by atoms with van der Waals surface area (Å²) in [7, 11) is 0. The minimum absolute atomic E-state index is 0.00831. The summed E-state index contributed by atoms with van der Waals surface area (Å²) in [6.07, 6.45) is 74.3. The van der Waals surface area contributed by atoms with E-state index in [-0.39, 0.29) is 18.5 Å². The van der Waals surface area contributed by atoms with Gasteiger partial charge in [0.2, 0.25) is 5.91 Å². The van der Waals surface area contributed by atoms with Gasteiger partial charge in [0, 0.05) is 12.8 Å². The smallest absolute Gasteiger partial charge is 0.305 e. The summed E-state index contributed by atoms with van der Waals surface area (Å²) in [5, 5.41) is 54.3. The quantitative estimate of drug-likeness (QED) is 0.0195. The number of amides is 1. The maximum Gasteiger partial charge on any atom is 0.305 e. The standard InChI is InChI=1S/C75H139NO10/c1-3-5-7-9-11-13-14-15-16-17-30-34-37-40-43-47-51-55-59-63-71(80)84-64-60-56-52-48-44-41-38-35-32-29-27-25-23-21-19-18-20-22-24-26-28-31-33-36-39-42-46-50-54-58-62-70(79)76-67(68(78)61-57-53-49-45-12-10-8-6-4-2)66-85-75-74(83)73(82)72(81)69(65-77)86-75/h12,15-16,19,21,45,57,61,67-69,72-75,77-78,81-83H,3-11,13-14,17-18,20,22-44,46-56,58-60,62-66H2,1-2H3,(H,76,79)/b16-15-,21-19-,45-12+,61-57+. The molecule has 0 aliphatic carbocycles. The van der Waals surface area contributed by atoms with Gasteiger partial charge in [-0.1, -0.05) is 294 Å². The Bertz CT molecular complexity index is 1570. The van der Waals surface area contributed by atoms with E-state index in [0.29, 0.717) is 19.4 Å². The van der Waals surface area contributed by atoms with Gasteiger partial charge in [0.15, 0.2) is 6.29 Å². The summed E-state index contributed by atoms with van der Waals surface area (Å²) in [6.45, 7) is 4.30. The van der Waals surface area contributed by atoms with E-state index >= 15 is 0 Å². The van der Waals surface area contributed by atoms with Crippen molar-refractivity contribution in [3.8, 4) is 0 Å². The number of carbonyl (C=O) groups excluding carboxylic acids is 2. The zero-order valence-corrected chi connectivity index (χ0v) is 56.0. The number of aliphatic hydroxyl groups excluding tert-OH is 5. The monoisotopic (exact) mass is 1210 g/mol. The highest BCUT2D eigenvalue weighted by Crippen LogP contribution is 2.23. The summed E-state index contributed by atoms with van der Waals surface area (Å²) >= 11 is 0. The van der Waals surface area contributed by atoms with Gasteiger partial charge in [0.1, 0.15) is 24.4 Å². The van der Waals surface area contributed by atoms with Gasteiger partial charge >= 0.3 is 5.97 Å². The van der Waals surface area contributed by atoms with Crippen molar-refractivity contribution < 1.29 is 49.3 Å². The normalized spacial score (nSPS) is 18.2. The van der Waals surface area contributed by atoms with Crippen molar-refractivity contribution in [2.24, 2.45) is 0 Å². The first-order chi connectivity index (χ1) is 42.2. The van der Waals surface area contributed by atoms with Gasteiger partial charge in [-0.25, -0.2) is 0 Å². The Balaban J connectivity index is 1.89. The first-order valence-electron chi connectivity index (χ1n) is 36.9. The number of hydrogen-bond donors (Lipinski definition) is 6. The molecule has 1 aliphatic heterocycles. The topological polar surface area (TPSA) is 175 Å². The van der Waals surface area contributed by atoms with Crippen molar-refractivity contribution in [3.63, 3.8) is 0 Å². The van der Waals surface area contributed by atoms with Gasteiger partial charge in [-0.05, 0) is 96.3 Å². The molecule has 1 heterocycles. The van der Waals surface area contributed by atoms with Gasteiger partial charge in [-0.3, -0.25) is 9.59 Å². The van der Waals surface area contributed by atoms with E-state index in [0.717, 1.165) is 57.8 Å². The molecule has 0 aromatic carbocycles. The molecule has 0 aromatic rings. The molecule has 1 aliphatic rings. The Morgan fingerprint density at radius 3 is 1.17 bits per heavy atom. The van der Waals surface area contributed by atoms with Crippen molar-refractivity contribution in [2.45, 2.75) is 397 Å². The fraction of sp³-hybridized carbons (Fsp3) is 0.867. The number of allylic oxidation sites excluding steroid dienone is 7. The second-order valence-electron chi connectivity index (χ2n) is 25.6. The molecule has 0 radical (unpaired) electrons. The molecule has 0 saturated carbocycles. The van der Waals surface area contributed by atoms with Crippen LogP contribution < -0.4 is 5.32 Å². The molecule has 7 atom stereocenters. The van der Waals surface area contributed by atoms with Crippen molar-refractivity contribution in [3.05, 3.63) is 48.6 Å². The molecule has 6 N–H and O–H groups in total. The van der Waals surface area contributed by atoms with Crippen LogP contribution in [0.3, 0.4) is 0 Å². The lowest BCUT2D eigenvalue weighted by Gasteiger charge is -2.40. The van der Waals surface area contributed by atoms with Crippen molar-refractivity contribution in [1.29, 1.82) is 0 Å². The third kappa shape index (κ3) is 52.4. The number of hydrogen-bond acceptors (Lipinski definition) is 10. The second kappa shape index (κ2) is 64.2. The van der Waals surface area contributed by atoms with E-state index in [4.69, 9.17) is 14.2 Å². The lowest BCUT2D eigenvalue weighted by Crippen LogP contribution is -2.60. The van der Waals surface area contributed by atoms with Gasteiger partial charge in [0.05, 0.1) is 32.0 Å². The van der Waals surface area contributed by atoms with Gasteiger partial charge in [0.25, 0.3) is 0 Å². The maximum atomic E-state index is 13.0. The van der Waals surface area contributed by atoms with Crippen LogP contribution in [-0.4, -0.2) is 100 Å². The lowest BCUT2D eigenvalue weighted by molar-refractivity contribution is -0.302. The number of esters is 1. The molecule has 1 saturated heterocycles. The van der Waals surface area contributed by atoms with E-state index < -0.39 is 49.5 Å². The minimum Gasteiger partial charge on any atom is -0.466 e. The van der Waals surface area contributed by atoms with Gasteiger partial charge < -0.3 is 45.1 Å². The molecule has 86 heavy (non-hydrogen) atoms. The molecule has 0 bridgehead atoms. The largest absolute Gasteiger partial charge is 0.466 e. The van der Waals surface area contributed by atoms with Crippen LogP contribution in [0.2, 0.25) is 0 Å². The molecular formula is C75H139NO10. The molecule has 0 aromatic heterocycles. The predicted molar refractivity (Wildman–Crippen MR) is 361 cm³/mol. The van der Waals surface area contributed by atoms with Crippen LogP contribution in [0.15, 0.2) is 48.6 Å². The number of ether oxygens (including phenoxy) is 3. The Morgan fingerprint density at radius 2 is 0.756 bits per heavy atom. The van der Waals surface area contributed by atoms with E-state index in [1.165, 1.54) is 270 Å². The van der Waals surface area contributed by atoms with Gasteiger partial charge in [-0.15, -0.1) is 0 Å². The first-order valence-corrected chi connectivity index (χ1v) is 36.9. The summed E-state index contributed by atoms with van der Waals surface area (Å²) in [4.78, 5) is 25.1. The summed E-state index contributed by atoms with van der Waals surface area (Å²) in [5.41, 5.74) is 0. The van der Waals surface area contributed by atoms with Crippen LogP contribution in [0.25, 0.3) is 0 Å². The molecular weight excluding hydrogens is 1070 g/mol. The third-order valence-electron chi connectivity index (χ3n) is 17.4. The van der Waals surface area contributed by atoms with Crippen LogP contribution in [0.1, 0.15) is 354 Å². The Morgan fingerprint density at radius 1 is 0.419 bits per heavy atom. The van der Waals surface area contributed by atoms with E-state index in [1.54, 1.807) is 6.08 Å². The van der Waals surface area contributed by atoms with Crippen LogP contribution in [-0.2, 0) is 23.8 Å². The Kier molecular flexibility index (Phi) is 60.9. The number of carbonyl (C=O) groups is 2. The zero-order valence-electron chi connectivity index (χ0n) is 56.0. The molecule has 1 rings (SSSR count). The number of rotatable bonds is 65. The third-order valence-corrected chi connectivity index (χ3v) is 17.4. The highest BCUT2D eigenvalue weighted by Gasteiger charge is 2.44. The average molecular weight is 1210 g/mol. The Hall–Kier alpha value is -2.38. The molecule has 504 valence electrons. The number of unbranched alkanes of at least 4 members (excludes halogenated alkanes) is 45. The van der Waals surface area contributed by atoms with Crippen LogP contribution in [0.5, 0.6) is 0 Å². The summed E-state index contributed by atoms with van der Waals surface area (Å²) < 4.78 is 16.7. The van der Waals surface area contributed by atoms with E-state index in [2.05, 4.69) is 55.6 Å². The van der Waals surface area contributed by atoms with Crippen LogP contribution in [0.4, 0.5) is 0 Å². The minimum atomic E-state index is -1.58. The highest BCUT2D eigenvalue weighted by atomic mass is 16.7. The summed E-state index contributed by atoms with van der Waals surface area (Å²) in [6, 6.07) is -0.825. The van der Waals surface area contributed by atoms with Crippen molar-refractivity contribution in [2.75, 3.05) is 19.8 Å². The zero-order chi connectivity index (χ0) is 62.3. The fourth-order valence-electron chi connectivity index (χ4n) is 11.6. The predicted octanol–water partition coefficient (Wildman–Crippen LogP) is 19.1. The second-order valence-corrected chi connectivity index (χ2v) is 25.6. The van der Waals surface area contributed by atoms with E-state index in [9.17, 15) is 35.1 Å². The number of nitrogens with one attached hydrogen (secondary N) is 1. The molecule has 1 fully saturated rings. The van der Waals surface area contributed by atoms with Crippen LogP contribution >= 0.6 is 0 Å². The molecule has 7 unspecified atom stereocenters. The summed E-state index contributed by atoms with van der Waals surface area (Å²) in [5.74, 6) is -0.184. The van der Waals surface area contributed by atoms with Gasteiger partial charge in [-0.2, -0.15) is 0 Å². The average Bonchev–Trinajstić information content (AvgIpc) is 3.48. The molecule has 0 spiro atoms. The lowest BCUT2D eigenvalue weighted by atomic mass is 9.99. The number of aliphatic hydroxyl groups is 5. The molecule has 11 heteroatoms. The highest BCUT2D eigenvalue weighted by molar-refractivity contribution is 5.76. The van der Waals surface area contributed by atoms with Crippen molar-refractivity contribution >= 4 is 11.9 Å². The Labute approximate surface area is 529 Å². The van der Waals surface area contributed by atoms with Crippen LogP contribution in [0, 0.1) is 0 Å². The fourth-order valence-corrected chi connectivity index (χ4v) is 11.6. The maximum absolute atomic E-state index is 13.0. The first kappa shape index (κ1) is 81.6. The molecule has 1 amide bonds. The van der Waals surface area contributed by atoms with E-state index in [1.807, 2.05) is 6.08 Å².